The van der Waals surface area contributed by atoms with Crippen LogP contribution in [0.15, 0.2) is 66.7 Å². The van der Waals surface area contributed by atoms with Gasteiger partial charge < -0.3 is 15.1 Å². The molecule has 186 valence electrons. The van der Waals surface area contributed by atoms with Crippen LogP contribution in [-0.4, -0.2) is 33.1 Å². The molecule has 2 heterocycles. The van der Waals surface area contributed by atoms with Crippen molar-refractivity contribution >= 4 is 23.3 Å². The highest BCUT2D eigenvalue weighted by atomic mass is 35.5. The number of hydrogen-bond donors (Lipinski definition) is 1. The maximum atomic E-state index is 14.1. The summed E-state index contributed by atoms with van der Waals surface area (Å²) < 4.78 is 42.8. The van der Waals surface area contributed by atoms with Gasteiger partial charge >= 0.3 is 0 Å². The molecule has 0 amide bonds. The Kier molecular flexibility index (Phi) is 8.61. The Morgan fingerprint density at radius 1 is 0.857 bits per heavy atom. The summed E-state index contributed by atoms with van der Waals surface area (Å²) in [7, 11) is 0. The van der Waals surface area contributed by atoms with Crippen LogP contribution >= 0.6 is 12.4 Å². The van der Waals surface area contributed by atoms with Crippen molar-refractivity contribution in [3.8, 4) is 5.69 Å². The van der Waals surface area contributed by atoms with Gasteiger partial charge in [0.1, 0.15) is 17.5 Å². The van der Waals surface area contributed by atoms with Crippen LogP contribution in [0.3, 0.4) is 0 Å². The Morgan fingerprint density at radius 3 is 2.17 bits per heavy atom. The van der Waals surface area contributed by atoms with Crippen LogP contribution < -0.4 is 0 Å². The lowest BCUT2D eigenvalue weighted by atomic mass is 10.0. The number of fused-ring (bicyclic) bond motifs is 3. The van der Waals surface area contributed by atoms with Gasteiger partial charge in [0.2, 0.25) is 0 Å². The number of aliphatic hydroxyl groups is 1. The van der Waals surface area contributed by atoms with Gasteiger partial charge in [-0.2, -0.15) is 0 Å². The molecule has 0 saturated carbocycles. The fourth-order valence-corrected chi connectivity index (χ4v) is 4.82. The van der Waals surface area contributed by atoms with Crippen LogP contribution in [0, 0.1) is 17.5 Å². The molecule has 1 aliphatic heterocycles. The van der Waals surface area contributed by atoms with Gasteiger partial charge in [-0.3, -0.25) is 4.90 Å². The van der Waals surface area contributed by atoms with E-state index in [2.05, 4.69) is 9.47 Å². The van der Waals surface area contributed by atoms with Crippen LogP contribution in [0.1, 0.15) is 35.8 Å². The van der Waals surface area contributed by atoms with Gasteiger partial charge in [0, 0.05) is 36.3 Å². The smallest absolute Gasteiger partial charge is 0.123 e. The predicted molar refractivity (Wildman–Crippen MR) is 134 cm³/mol. The predicted octanol–water partition coefficient (Wildman–Crippen LogP) is 5.52. The molecule has 0 saturated heterocycles. The summed E-state index contributed by atoms with van der Waals surface area (Å²) in [6.45, 7) is 2.34. The van der Waals surface area contributed by atoms with Gasteiger partial charge in [-0.1, -0.05) is 12.1 Å². The molecule has 0 bridgehead atoms. The van der Waals surface area contributed by atoms with Crippen molar-refractivity contribution in [3.63, 3.8) is 0 Å². The van der Waals surface area contributed by atoms with Crippen LogP contribution in [0.25, 0.3) is 16.6 Å². The topological polar surface area (TPSA) is 59.9 Å². The maximum Gasteiger partial charge on any atom is 0.123 e. The number of nitrogens with zero attached hydrogens (tertiary/aromatic N) is 2. The van der Waals surface area contributed by atoms with Gasteiger partial charge in [0.05, 0.1) is 11.6 Å². The Morgan fingerprint density at radius 2 is 1.49 bits per heavy atom. The van der Waals surface area contributed by atoms with Crippen molar-refractivity contribution in [2.24, 2.45) is 0 Å². The van der Waals surface area contributed by atoms with Crippen molar-refractivity contribution in [2.45, 2.75) is 31.9 Å². The SMILES string of the molecule is Cl.O.OC(CCCN1CCc2c(c3cc(F)ccc3n2-c2ccc(F)cc2)C1)c1ccc(F)cc1. The first-order valence-corrected chi connectivity index (χ1v) is 11.2. The Bertz CT molecular complexity index is 1280. The number of halogens is 4. The van der Waals surface area contributed by atoms with Crippen LogP contribution in [0.4, 0.5) is 13.2 Å². The highest BCUT2D eigenvalue weighted by Crippen LogP contribution is 2.34. The van der Waals surface area contributed by atoms with E-state index in [1.54, 1.807) is 36.4 Å². The highest BCUT2D eigenvalue weighted by molar-refractivity contribution is 5.87. The zero-order valence-electron chi connectivity index (χ0n) is 19.1. The molecule has 1 unspecified atom stereocenters. The molecule has 8 heteroatoms. The Balaban J connectivity index is 0.00000171. The lowest BCUT2D eigenvalue weighted by Gasteiger charge is -2.28. The molecule has 1 aliphatic rings. The summed E-state index contributed by atoms with van der Waals surface area (Å²) in [5.41, 5.74) is 4.73. The second kappa shape index (κ2) is 11.3. The van der Waals surface area contributed by atoms with Crippen molar-refractivity contribution in [1.82, 2.24) is 9.47 Å². The molecule has 4 aromatic rings. The van der Waals surface area contributed by atoms with Crippen molar-refractivity contribution in [1.29, 1.82) is 0 Å². The highest BCUT2D eigenvalue weighted by Gasteiger charge is 2.25. The molecule has 0 radical (unpaired) electrons. The van der Waals surface area contributed by atoms with E-state index in [0.717, 1.165) is 59.3 Å². The first kappa shape index (κ1) is 26.8. The summed E-state index contributed by atoms with van der Waals surface area (Å²) in [5.74, 6) is -0.878. The Hall–Kier alpha value is -2.84. The number of hydrogen-bond acceptors (Lipinski definition) is 2. The lowest BCUT2D eigenvalue weighted by molar-refractivity contribution is 0.153. The molecule has 0 aliphatic carbocycles. The van der Waals surface area contributed by atoms with Crippen molar-refractivity contribution < 1.29 is 23.8 Å². The van der Waals surface area contributed by atoms with Gasteiger partial charge in [0.15, 0.2) is 0 Å². The van der Waals surface area contributed by atoms with E-state index in [4.69, 9.17) is 0 Å². The molecule has 5 rings (SSSR count). The third-order valence-electron chi connectivity index (χ3n) is 6.48. The van der Waals surface area contributed by atoms with E-state index in [-0.39, 0.29) is 35.3 Å². The molecule has 3 N–H and O–H groups in total. The van der Waals surface area contributed by atoms with Crippen LogP contribution in [0.5, 0.6) is 0 Å². The summed E-state index contributed by atoms with van der Waals surface area (Å²) in [6, 6.07) is 17.2. The minimum Gasteiger partial charge on any atom is -0.412 e. The standard InChI is InChI=1S/C27H25F3N2O.ClH.H2O/c28-19-5-3-18(4-6-19)27(33)2-1-14-31-15-13-26-24(17-31)23-16-21(30)9-12-25(23)32(26)22-10-7-20(29)8-11-22;;/h3-12,16,27,33H,1-2,13-15,17H2;1H;1H2. The molecule has 1 aromatic heterocycles. The molecule has 1 atom stereocenters. The molecule has 4 nitrogen and oxygen atoms in total. The third-order valence-corrected chi connectivity index (χ3v) is 6.48. The van der Waals surface area contributed by atoms with E-state index in [0.29, 0.717) is 13.0 Å². The molecule has 0 fully saturated rings. The van der Waals surface area contributed by atoms with Crippen LogP contribution in [-0.2, 0) is 13.0 Å². The zero-order chi connectivity index (χ0) is 22.9. The second-order valence-corrected chi connectivity index (χ2v) is 8.63. The average molecular weight is 505 g/mol. The number of aliphatic hydroxyl groups excluding tert-OH is 1. The zero-order valence-corrected chi connectivity index (χ0v) is 19.9. The largest absolute Gasteiger partial charge is 0.412 e. The van der Waals surface area contributed by atoms with E-state index in [1.165, 1.54) is 30.3 Å². The number of rotatable bonds is 6. The van der Waals surface area contributed by atoms with Crippen molar-refractivity contribution in [3.05, 3.63) is 101 Å². The fourth-order valence-electron chi connectivity index (χ4n) is 4.82. The summed E-state index contributed by atoms with van der Waals surface area (Å²) >= 11 is 0. The average Bonchev–Trinajstić information content (AvgIpc) is 3.13. The van der Waals surface area contributed by atoms with Gasteiger partial charge in [-0.05, 0) is 85.1 Å². The fraction of sp³-hybridized carbons (Fsp3) is 0.259. The maximum absolute atomic E-state index is 14.1. The second-order valence-electron chi connectivity index (χ2n) is 8.63. The monoisotopic (exact) mass is 504 g/mol. The van der Waals surface area contributed by atoms with Gasteiger partial charge in [-0.25, -0.2) is 13.2 Å². The molecule has 35 heavy (non-hydrogen) atoms. The summed E-state index contributed by atoms with van der Waals surface area (Å²) in [5, 5.41) is 11.3. The third kappa shape index (κ3) is 5.54. The number of aromatic nitrogens is 1. The summed E-state index contributed by atoms with van der Waals surface area (Å²) in [4.78, 5) is 2.32. The minimum absolute atomic E-state index is 0. The normalized spacial score (nSPS) is 14.2. The first-order chi connectivity index (χ1) is 16.0. The Labute approximate surface area is 208 Å². The van der Waals surface area contributed by atoms with Gasteiger partial charge in [-0.15, -0.1) is 12.4 Å². The lowest BCUT2D eigenvalue weighted by Crippen LogP contribution is -2.32. The van der Waals surface area contributed by atoms with E-state index >= 15 is 0 Å². The van der Waals surface area contributed by atoms with Crippen molar-refractivity contribution in [2.75, 3.05) is 13.1 Å². The van der Waals surface area contributed by atoms with E-state index < -0.39 is 6.10 Å². The molecule has 3 aromatic carbocycles. The number of benzene rings is 3. The van der Waals surface area contributed by atoms with Gasteiger partial charge in [0.25, 0.3) is 0 Å². The quantitative estimate of drug-likeness (QED) is 0.376. The molecular weight excluding hydrogens is 477 g/mol. The first-order valence-electron chi connectivity index (χ1n) is 11.2. The molecule has 0 spiro atoms. The van der Waals surface area contributed by atoms with Crippen LogP contribution in [0.2, 0.25) is 0 Å². The summed E-state index contributed by atoms with van der Waals surface area (Å²) in [6.07, 6.45) is 1.55. The van der Waals surface area contributed by atoms with E-state index in [9.17, 15) is 18.3 Å². The van der Waals surface area contributed by atoms with E-state index in [1.807, 2.05) is 0 Å². The minimum atomic E-state index is -0.625. The molecular formula is C27H28ClF3N2O2.